The quantitative estimate of drug-likeness (QED) is 0.325. The summed E-state index contributed by atoms with van der Waals surface area (Å²) in [6.07, 6.45) is 5.72. The second-order valence-corrected chi connectivity index (χ2v) is 12.3. The first-order chi connectivity index (χ1) is 15.7. The van der Waals surface area contributed by atoms with Gasteiger partial charge < -0.3 is 20.1 Å². The zero-order valence-corrected chi connectivity index (χ0v) is 21.6. The molecule has 0 unspecified atom stereocenters. The lowest BCUT2D eigenvalue weighted by Gasteiger charge is -2.66. The highest BCUT2D eigenvalue weighted by Crippen LogP contribution is 2.70. The second kappa shape index (κ2) is 8.28. The van der Waals surface area contributed by atoms with Crippen LogP contribution in [0.4, 0.5) is 0 Å². The maximum Gasteiger partial charge on any atom is 0.330 e. The maximum absolute atomic E-state index is 13.0. The van der Waals surface area contributed by atoms with Gasteiger partial charge in [-0.25, -0.2) is 4.79 Å². The number of allylic oxidation sites excluding steroid dienone is 1. The van der Waals surface area contributed by atoms with E-state index in [-0.39, 0.29) is 30.5 Å². The van der Waals surface area contributed by atoms with Crippen molar-refractivity contribution in [3.63, 3.8) is 0 Å². The van der Waals surface area contributed by atoms with Gasteiger partial charge in [-0.3, -0.25) is 4.79 Å². The van der Waals surface area contributed by atoms with E-state index in [0.717, 1.165) is 11.1 Å². The fourth-order valence-corrected chi connectivity index (χ4v) is 7.96. The Hall–Kier alpha value is -1.50. The van der Waals surface area contributed by atoms with E-state index in [4.69, 9.17) is 4.74 Å². The molecule has 0 aromatic rings. The molecule has 4 rings (SSSR count). The van der Waals surface area contributed by atoms with Crippen molar-refractivity contribution < 1.29 is 29.6 Å². The van der Waals surface area contributed by atoms with E-state index < -0.39 is 46.1 Å². The van der Waals surface area contributed by atoms with E-state index in [1.54, 1.807) is 0 Å². The molecule has 4 aliphatic rings. The summed E-state index contributed by atoms with van der Waals surface area (Å²) in [6.45, 7) is 11.4. The van der Waals surface area contributed by atoms with Crippen LogP contribution in [0.2, 0.25) is 0 Å². The lowest BCUT2D eigenvalue weighted by Crippen LogP contribution is -2.75. The molecule has 6 nitrogen and oxygen atoms in total. The molecule has 0 aliphatic heterocycles. The normalized spacial score (nSPS) is 46.3. The standard InChI is InChI=1S/C28H42O6/c1-16(2)17(3)13-24(31)34-23-15-22-25(5)10-8-20(30)14-19(25)7-11-27(22,32)28(33)12-9-21(18(4)29)26(23,28)6/h7,13,16,20-23,30,32-33H,8-12,14-15H2,1-6H3/b17-13+/t20-,21-,22+,23+,25-,26-,27-,28+/m0/s1. The third-order valence-corrected chi connectivity index (χ3v) is 10.4. The largest absolute Gasteiger partial charge is 0.458 e. The third-order valence-electron chi connectivity index (χ3n) is 10.4. The summed E-state index contributed by atoms with van der Waals surface area (Å²) in [4.78, 5) is 25.8. The van der Waals surface area contributed by atoms with Gasteiger partial charge in [-0.05, 0) is 70.1 Å². The maximum atomic E-state index is 13.0. The minimum atomic E-state index is -1.57. The summed E-state index contributed by atoms with van der Waals surface area (Å²) in [6, 6.07) is 0. The Morgan fingerprint density at radius 2 is 1.82 bits per heavy atom. The first kappa shape index (κ1) is 25.6. The van der Waals surface area contributed by atoms with Crippen LogP contribution in [0, 0.1) is 28.6 Å². The first-order valence-corrected chi connectivity index (χ1v) is 12.9. The van der Waals surface area contributed by atoms with E-state index in [0.29, 0.717) is 32.1 Å². The number of hydrogen-bond acceptors (Lipinski definition) is 6. The molecule has 190 valence electrons. The summed E-state index contributed by atoms with van der Waals surface area (Å²) in [5.41, 5.74) is -2.47. The minimum Gasteiger partial charge on any atom is -0.458 e. The Morgan fingerprint density at radius 1 is 1.15 bits per heavy atom. The molecule has 0 spiro atoms. The number of fused-ring (bicyclic) bond motifs is 5. The zero-order valence-electron chi connectivity index (χ0n) is 21.6. The van der Waals surface area contributed by atoms with Gasteiger partial charge in [-0.2, -0.15) is 0 Å². The Bertz CT molecular complexity index is 935. The smallest absolute Gasteiger partial charge is 0.330 e. The van der Waals surface area contributed by atoms with Crippen molar-refractivity contribution in [2.75, 3.05) is 0 Å². The number of Topliss-reactive ketones (excluding diaryl/α,β-unsaturated/α-hetero) is 1. The summed E-state index contributed by atoms with van der Waals surface area (Å²) in [5, 5.41) is 35.0. The Balaban J connectivity index is 1.81. The van der Waals surface area contributed by atoms with Crippen LogP contribution in [-0.2, 0) is 14.3 Å². The summed E-state index contributed by atoms with van der Waals surface area (Å²) >= 11 is 0. The molecular formula is C28H42O6. The molecule has 0 radical (unpaired) electrons. The number of esters is 1. The second-order valence-electron chi connectivity index (χ2n) is 12.3. The molecular weight excluding hydrogens is 432 g/mol. The molecule has 4 aliphatic carbocycles. The van der Waals surface area contributed by atoms with Crippen LogP contribution in [-0.4, -0.2) is 50.5 Å². The van der Waals surface area contributed by atoms with Gasteiger partial charge in [0.15, 0.2) is 0 Å². The zero-order chi connectivity index (χ0) is 25.3. The van der Waals surface area contributed by atoms with Crippen molar-refractivity contribution in [2.45, 2.75) is 110 Å². The van der Waals surface area contributed by atoms with Crippen molar-refractivity contribution in [3.05, 3.63) is 23.3 Å². The van der Waals surface area contributed by atoms with Gasteiger partial charge in [0.25, 0.3) is 0 Å². The Kier molecular flexibility index (Phi) is 6.23. The topological polar surface area (TPSA) is 104 Å². The summed E-state index contributed by atoms with van der Waals surface area (Å²) in [5.74, 6) is -1.15. The SMILES string of the molecule is CC(=O)[C@@H]1CC[C@@]2(O)[C@]1(C)[C@H](OC(=O)/C=C(\C)C(C)C)C[C@@H]1[C@@]3(C)CC[C@H](O)CC3=CC[C@]12O. The van der Waals surface area contributed by atoms with Gasteiger partial charge in [0.05, 0.1) is 6.10 Å². The van der Waals surface area contributed by atoms with E-state index >= 15 is 0 Å². The lowest BCUT2D eigenvalue weighted by molar-refractivity contribution is -0.299. The molecule has 0 amide bonds. The Labute approximate surface area is 203 Å². The highest BCUT2D eigenvalue weighted by atomic mass is 16.5. The van der Waals surface area contributed by atoms with E-state index in [2.05, 4.69) is 6.92 Å². The molecule has 34 heavy (non-hydrogen) atoms. The number of aliphatic hydroxyl groups excluding tert-OH is 1. The van der Waals surface area contributed by atoms with Crippen LogP contribution >= 0.6 is 0 Å². The predicted molar refractivity (Wildman–Crippen MR) is 129 cm³/mol. The number of hydrogen-bond donors (Lipinski definition) is 3. The molecule has 6 heteroatoms. The molecule has 8 atom stereocenters. The van der Waals surface area contributed by atoms with Crippen LogP contribution in [0.1, 0.15) is 86.5 Å². The molecule has 0 bridgehead atoms. The van der Waals surface area contributed by atoms with Crippen molar-refractivity contribution in [3.8, 4) is 0 Å². The third kappa shape index (κ3) is 3.39. The number of aliphatic hydroxyl groups is 3. The van der Waals surface area contributed by atoms with Crippen molar-refractivity contribution in [1.29, 1.82) is 0 Å². The van der Waals surface area contributed by atoms with Gasteiger partial charge in [0, 0.05) is 23.3 Å². The monoisotopic (exact) mass is 474 g/mol. The highest BCUT2D eigenvalue weighted by Gasteiger charge is 2.77. The average Bonchev–Trinajstić information content (AvgIpc) is 3.04. The van der Waals surface area contributed by atoms with Crippen molar-refractivity contribution >= 4 is 11.8 Å². The Morgan fingerprint density at radius 3 is 2.44 bits per heavy atom. The molecule has 0 aromatic heterocycles. The van der Waals surface area contributed by atoms with Crippen molar-refractivity contribution in [2.24, 2.45) is 28.6 Å². The number of ketones is 1. The minimum absolute atomic E-state index is 0.0468. The van der Waals surface area contributed by atoms with Gasteiger partial charge in [0.2, 0.25) is 0 Å². The number of ether oxygens (including phenoxy) is 1. The van der Waals surface area contributed by atoms with Gasteiger partial charge in [-0.1, -0.05) is 44.9 Å². The van der Waals surface area contributed by atoms with E-state index in [1.165, 1.54) is 13.0 Å². The van der Waals surface area contributed by atoms with Crippen LogP contribution in [0.25, 0.3) is 0 Å². The number of carbonyl (C=O) groups excluding carboxylic acids is 2. The molecule has 0 aromatic carbocycles. The van der Waals surface area contributed by atoms with E-state index in [1.807, 2.05) is 33.8 Å². The van der Waals surface area contributed by atoms with Crippen LogP contribution in [0.3, 0.4) is 0 Å². The van der Waals surface area contributed by atoms with Gasteiger partial charge in [-0.15, -0.1) is 0 Å². The lowest BCUT2D eigenvalue weighted by atomic mass is 9.43. The molecule has 3 N–H and O–H groups in total. The summed E-state index contributed by atoms with van der Waals surface area (Å²) < 4.78 is 6.11. The molecule has 3 saturated carbocycles. The predicted octanol–water partition coefficient (Wildman–Crippen LogP) is 3.87. The fourth-order valence-electron chi connectivity index (χ4n) is 7.96. The van der Waals surface area contributed by atoms with Crippen LogP contribution in [0.15, 0.2) is 23.3 Å². The number of carbonyl (C=O) groups is 2. The molecule has 0 heterocycles. The van der Waals surface area contributed by atoms with Crippen molar-refractivity contribution in [1.82, 2.24) is 0 Å². The molecule has 3 fully saturated rings. The van der Waals surface area contributed by atoms with Gasteiger partial charge >= 0.3 is 5.97 Å². The van der Waals surface area contributed by atoms with E-state index in [9.17, 15) is 24.9 Å². The highest BCUT2D eigenvalue weighted by molar-refractivity contribution is 5.83. The fraction of sp³-hybridized carbons (Fsp3) is 0.786. The first-order valence-electron chi connectivity index (χ1n) is 12.9. The van der Waals surface area contributed by atoms with Crippen LogP contribution in [0.5, 0.6) is 0 Å². The summed E-state index contributed by atoms with van der Waals surface area (Å²) in [7, 11) is 0. The number of rotatable bonds is 4. The van der Waals surface area contributed by atoms with Gasteiger partial charge in [0.1, 0.15) is 23.1 Å². The molecule has 0 saturated heterocycles. The van der Waals surface area contributed by atoms with Crippen LogP contribution < -0.4 is 0 Å². The average molecular weight is 475 g/mol.